The van der Waals surface area contributed by atoms with Crippen molar-refractivity contribution in [1.82, 2.24) is 15.1 Å². The predicted octanol–water partition coefficient (Wildman–Crippen LogP) is 3.98. The molecule has 0 saturated carbocycles. The first-order chi connectivity index (χ1) is 13.7. The number of carbonyl (C=O) groups excluding carboxylic acids is 1. The van der Waals surface area contributed by atoms with Crippen molar-refractivity contribution in [1.29, 1.82) is 0 Å². The number of hydrogen-bond donors (Lipinski definition) is 1. The number of furan rings is 1. The van der Waals surface area contributed by atoms with Crippen molar-refractivity contribution in [2.45, 2.75) is 13.2 Å². The maximum atomic E-state index is 13.6. The number of ether oxygens (including phenoxy) is 1. The predicted molar refractivity (Wildman–Crippen MR) is 91.4 cm³/mol. The Morgan fingerprint density at radius 1 is 1.14 bits per heavy atom. The second kappa shape index (κ2) is 8.23. The second-order valence-corrected chi connectivity index (χ2v) is 6.55. The van der Waals surface area contributed by atoms with E-state index in [-0.39, 0.29) is 18.1 Å². The normalized spacial score (nSPS) is 11.0. The van der Waals surface area contributed by atoms with E-state index in [4.69, 9.17) is 4.42 Å². The number of nitrogens with zero attached hydrogens (tertiary/aromatic N) is 2. The average molecular weight is 480 g/mol. The van der Waals surface area contributed by atoms with Gasteiger partial charge in [-0.15, -0.1) is 0 Å². The van der Waals surface area contributed by atoms with Crippen LogP contribution in [0.2, 0.25) is 0 Å². The molecule has 12 heteroatoms. The summed E-state index contributed by atoms with van der Waals surface area (Å²) in [5.41, 5.74) is 0.694. The number of carbonyl (C=O) groups is 1. The molecule has 0 atom stereocenters. The molecule has 0 aliphatic rings. The standard InChI is InChI=1S/C17H11BrF5N3O3/c1-26-9(8(18)4-25-26)5-24-17(27)10-3-2-7(29-10)6-28-16-14(22)12(20)11(19)13(21)15(16)23/h2-4H,5-6H2,1H3,(H,24,27). The van der Waals surface area contributed by atoms with Crippen LogP contribution in [0.4, 0.5) is 22.0 Å². The lowest BCUT2D eigenvalue weighted by atomic mass is 10.2. The van der Waals surface area contributed by atoms with Gasteiger partial charge in [0, 0.05) is 7.05 Å². The lowest BCUT2D eigenvalue weighted by Crippen LogP contribution is -2.23. The van der Waals surface area contributed by atoms with Gasteiger partial charge in [0.25, 0.3) is 5.91 Å². The summed E-state index contributed by atoms with van der Waals surface area (Å²) in [4.78, 5) is 12.1. The molecule has 1 N–H and O–H groups in total. The first-order valence-corrected chi connectivity index (χ1v) is 8.67. The first-order valence-electron chi connectivity index (χ1n) is 7.88. The van der Waals surface area contributed by atoms with E-state index >= 15 is 0 Å². The van der Waals surface area contributed by atoms with E-state index in [1.165, 1.54) is 12.1 Å². The van der Waals surface area contributed by atoms with Crippen molar-refractivity contribution in [2.24, 2.45) is 7.05 Å². The average Bonchev–Trinajstić information content (AvgIpc) is 3.30. The van der Waals surface area contributed by atoms with Crippen LogP contribution in [0.15, 0.2) is 27.2 Å². The van der Waals surface area contributed by atoms with Crippen LogP contribution >= 0.6 is 15.9 Å². The van der Waals surface area contributed by atoms with Crippen molar-refractivity contribution in [3.05, 3.63) is 69.1 Å². The van der Waals surface area contributed by atoms with Crippen LogP contribution in [0, 0.1) is 29.1 Å². The molecule has 3 rings (SSSR count). The van der Waals surface area contributed by atoms with Gasteiger partial charge in [-0.05, 0) is 28.1 Å². The van der Waals surface area contributed by atoms with Crippen LogP contribution in [0.5, 0.6) is 5.75 Å². The van der Waals surface area contributed by atoms with Gasteiger partial charge in [0.15, 0.2) is 11.5 Å². The highest BCUT2D eigenvalue weighted by atomic mass is 79.9. The Morgan fingerprint density at radius 2 is 1.76 bits per heavy atom. The van der Waals surface area contributed by atoms with Gasteiger partial charge in [-0.25, -0.2) is 13.2 Å². The van der Waals surface area contributed by atoms with E-state index < -0.39 is 47.3 Å². The smallest absolute Gasteiger partial charge is 0.287 e. The van der Waals surface area contributed by atoms with Crippen molar-refractivity contribution in [3.63, 3.8) is 0 Å². The molecule has 154 valence electrons. The van der Waals surface area contributed by atoms with E-state index in [1.54, 1.807) is 17.9 Å². The molecule has 0 spiro atoms. The number of benzene rings is 1. The quantitative estimate of drug-likeness (QED) is 0.330. The number of hydrogen-bond acceptors (Lipinski definition) is 4. The van der Waals surface area contributed by atoms with E-state index in [9.17, 15) is 26.7 Å². The summed E-state index contributed by atoms with van der Waals surface area (Å²) in [5, 5.41) is 6.58. The monoisotopic (exact) mass is 479 g/mol. The Bertz CT molecular complexity index is 1030. The van der Waals surface area contributed by atoms with Gasteiger partial charge in [0.05, 0.1) is 22.9 Å². The van der Waals surface area contributed by atoms with Crippen LogP contribution in [-0.2, 0) is 20.2 Å². The summed E-state index contributed by atoms with van der Waals surface area (Å²) in [6.07, 6.45) is 1.56. The molecule has 1 amide bonds. The van der Waals surface area contributed by atoms with Gasteiger partial charge in [-0.1, -0.05) is 0 Å². The third-order valence-electron chi connectivity index (χ3n) is 3.84. The molecular formula is C17H11BrF5N3O3. The van der Waals surface area contributed by atoms with Crippen LogP contribution in [-0.4, -0.2) is 15.7 Å². The molecule has 29 heavy (non-hydrogen) atoms. The highest BCUT2D eigenvalue weighted by molar-refractivity contribution is 9.10. The van der Waals surface area contributed by atoms with Gasteiger partial charge in [0.1, 0.15) is 12.4 Å². The second-order valence-electron chi connectivity index (χ2n) is 5.70. The maximum absolute atomic E-state index is 13.6. The molecule has 0 bridgehead atoms. The molecule has 0 aliphatic carbocycles. The molecule has 0 fully saturated rings. The first kappa shape index (κ1) is 20.8. The largest absolute Gasteiger partial charge is 0.479 e. The van der Waals surface area contributed by atoms with Crippen molar-refractivity contribution >= 4 is 21.8 Å². The maximum Gasteiger partial charge on any atom is 0.287 e. The highest BCUT2D eigenvalue weighted by Crippen LogP contribution is 2.29. The molecule has 0 aliphatic heterocycles. The fourth-order valence-electron chi connectivity index (χ4n) is 2.32. The summed E-state index contributed by atoms with van der Waals surface area (Å²) < 4.78 is 78.6. The van der Waals surface area contributed by atoms with Gasteiger partial charge < -0.3 is 14.5 Å². The lowest BCUT2D eigenvalue weighted by Gasteiger charge is -2.09. The molecule has 2 aromatic heterocycles. The Labute approximate surface area is 168 Å². The van der Waals surface area contributed by atoms with Crippen LogP contribution in [0.25, 0.3) is 0 Å². The van der Waals surface area contributed by atoms with E-state index in [2.05, 4.69) is 31.1 Å². The van der Waals surface area contributed by atoms with Crippen LogP contribution in [0.1, 0.15) is 22.0 Å². The van der Waals surface area contributed by atoms with Gasteiger partial charge in [-0.2, -0.15) is 13.9 Å². The molecule has 0 unspecified atom stereocenters. The fraction of sp³-hybridized carbons (Fsp3) is 0.176. The van der Waals surface area contributed by atoms with Gasteiger partial charge in [-0.3, -0.25) is 9.48 Å². The Hall–Kier alpha value is -2.89. The summed E-state index contributed by atoms with van der Waals surface area (Å²) in [6, 6.07) is 2.53. The number of aryl methyl sites for hydroxylation is 1. The minimum Gasteiger partial charge on any atom is -0.479 e. The third-order valence-corrected chi connectivity index (χ3v) is 4.50. The Balaban J connectivity index is 1.66. The highest BCUT2D eigenvalue weighted by Gasteiger charge is 2.27. The molecule has 6 nitrogen and oxygen atoms in total. The molecule has 0 saturated heterocycles. The number of nitrogens with one attached hydrogen (secondary N) is 1. The zero-order valence-corrected chi connectivity index (χ0v) is 16.1. The number of aromatic nitrogens is 2. The van der Waals surface area contributed by atoms with E-state index in [0.29, 0.717) is 10.2 Å². The fourth-order valence-corrected chi connectivity index (χ4v) is 2.81. The van der Waals surface area contributed by atoms with Crippen molar-refractivity contribution in [2.75, 3.05) is 0 Å². The SMILES string of the molecule is Cn1ncc(Br)c1CNC(=O)c1ccc(COc2c(F)c(F)c(F)c(F)c2F)o1. The molecule has 3 aromatic rings. The Morgan fingerprint density at radius 3 is 2.34 bits per heavy atom. The molecular weight excluding hydrogens is 469 g/mol. The van der Waals surface area contributed by atoms with Crippen molar-refractivity contribution in [3.8, 4) is 5.75 Å². The van der Waals surface area contributed by atoms with E-state index in [1.807, 2.05) is 0 Å². The van der Waals surface area contributed by atoms with Gasteiger partial charge in [0.2, 0.25) is 29.1 Å². The summed E-state index contributed by atoms with van der Waals surface area (Å²) in [6.45, 7) is -0.536. The lowest BCUT2D eigenvalue weighted by molar-refractivity contribution is 0.0917. The molecule has 1 aromatic carbocycles. The van der Waals surface area contributed by atoms with Crippen molar-refractivity contribution < 1.29 is 35.9 Å². The summed E-state index contributed by atoms with van der Waals surface area (Å²) >= 11 is 3.28. The molecule has 2 heterocycles. The minimum absolute atomic E-state index is 0.0687. The van der Waals surface area contributed by atoms with Crippen LogP contribution < -0.4 is 10.1 Å². The zero-order valence-electron chi connectivity index (χ0n) is 14.5. The number of rotatable bonds is 6. The third kappa shape index (κ3) is 4.11. The Kier molecular flexibility index (Phi) is 5.91. The summed E-state index contributed by atoms with van der Waals surface area (Å²) in [5.74, 6) is -13.0. The molecule has 0 radical (unpaired) electrons. The number of halogens is 6. The topological polar surface area (TPSA) is 69.3 Å². The van der Waals surface area contributed by atoms with E-state index in [0.717, 1.165) is 0 Å². The summed E-state index contributed by atoms with van der Waals surface area (Å²) in [7, 11) is 1.69. The van der Waals surface area contributed by atoms with Gasteiger partial charge >= 0.3 is 0 Å². The minimum atomic E-state index is -2.29. The number of amides is 1. The van der Waals surface area contributed by atoms with Crippen LogP contribution in [0.3, 0.4) is 0 Å². The zero-order chi connectivity index (χ0) is 21.3.